The molecule has 0 fully saturated rings. The Morgan fingerprint density at radius 3 is 1.32 bits per heavy atom. The Labute approximate surface area is 125 Å². The topological polar surface area (TPSA) is 33.3 Å². The molecule has 4 nitrogen and oxygen atoms in total. The van der Waals surface area contributed by atoms with E-state index in [1.54, 1.807) is 0 Å². The lowest BCUT2D eigenvalue weighted by atomic mass is 10.4. The first kappa shape index (κ1) is 20.3. The molecule has 19 heavy (non-hydrogen) atoms. The fraction of sp³-hybridized carbons (Fsp3) is 0.857. The van der Waals surface area contributed by atoms with Gasteiger partial charge in [0.15, 0.2) is 0 Å². The van der Waals surface area contributed by atoms with E-state index < -0.39 is 0 Å². The molecule has 0 aromatic heterocycles. The summed E-state index contributed by atoms with van der Waals surface area (Å²) >= 11 is 3.70. The fourth-order valence-electron chi connectivity index (χ4n) is 2.12. The lowest BCUT2D eigenvalue weighted by Crippen LogP contribution is -2.49. The third-order valence-electron chi connectivity index (χ3n) is 3.14. The number of hydrogen-bond acceptors (Lipinski definition) is 2. The van der Waals surface area contributed by atoms with Gasteiger partial charge in [0.2, 0.25) is 0 Å². The van der Waals surface area contributed by atoms with Crippen LogP contribution < -0.4 is 0 Å². The molecule has 0 heterocycles. The summed E-state index contributed by atoms with van der Waals surface area (Å²) in [6.07, 6.45) is 0. The van der Waals surface area contributed by atoms with E-state index in [-0.39, 0.29) is 0 Å². The molecule has 0 aromatic rings. The van der Waals surface area contributed by atoms with Crippen LogP contribution in [0.5, 0.6) is 0 Å². The maximum atomic E-state index is 7.13. The summed E-state index contributed by atoms with van der Waals surface area (Å²) in [5.41, 5.74) is 0. The van der Waals surface area contributed by atoms with Crippen molar-refractivity contribution in [1.82, 2.24) is 9.80 Å². The van der Waals surface area contributed by atoms with Gasteiger partial charge in [-0.05, 0) is 41.5 Å². The van der Waals surface area contributed by atoms with E-state index >= 15 is 0 Å². The van der Waals surface area contributed by atoms with Gasteiger partial charge in [0.1, 0.15) is 0 Å². The quantitative estimate of drug-likeness (QED) is 0.246. The Hall–Kier alpha value is -1.02. The predicted molar refractivity (Wildman–Crippen MR) is 85.2 cm³/mol. The molecule has 0 aromatic carbocycles. The molecule has 0 saturated heterocycles. The van der Waals surface area contributed by atoms with Crippen LogP contribution in [-0.4, -0.2) is 59.6 Å². The molecule has 0 amide bonds. The molecule has 0 aliphatic heterocycles. The summed E-state index contributed by atoms with van der Waals surface area (Å²) in [5, 5.41) is 8.47. The molecule has 112 valence electrons. The van der Waals surface area contributed by atoms with Crippen LogP contribution in [0.3, 0.4) is 0 Å². The molecule has 0 N–H and O–H groups in total. The van der Waals surface area contributed by atoms with E-state index in [9.17, 15) is 0 Å². The van der Waals surface area contributed by atoms with E-state index in [0.29, 0.717) is 0 Å². The highest BCUT2D eigenvalue weighted by atomic mass is 32.1. The summed E-state index contributed by atoms with van der Waals surface area (Å²) in [5.74, 6) is 1.40. The maximum absolute atomic E-state index is 7.13. The minimum atomic E-state index is 1.08. The molecule has 0 spiro atoms. The average Bonchev–Trinajstić information content (AvgIpc) is 2.43. The second-order valence-corrected chi connectivity index (χ2v) is 4.09. The summed E-state index contributed by atoms with van der Waals surface area (Å²) < 4.78 is 2.46. The lowest BCUT2D eigenvalue weighted by Gasteiger charge is -2.27. The number of guanidine groups is 1. The van der Waals surface area contributed by atoms with Gasteiger partial charge in [-0.15, -0.1) is 0 Å². The van der Waals surface area contributed by atoms with Crippen molar-refractivity contribution in [2.45, 2.75) is 41.5 Å². The molecular weight excluding hydrogens is 256 g/mol. The van der Waals surface area contributed by atoms with Gasteiger partial charge in [-0.1, -0.05) is 5.40 Å². The van der Waals surface area contributed by atoms with Crippen molar-refractivity contribution in [3.63, 3.8) is 0 Å². The zero-order valence-electron chi connectivity index (χ0n) is 13.4. The van der Waals surface area contributed by atoms with Crippen molar-refractivity contribution >= 4 is 18.6 Å². The molecule has 0 aliphatic rings. The highest BCUT2D eigenvalue weighted by Gasteiger charge is 2.24. The predicted octanol–water partition coefficient (Wildman–Crippen LogP) is 2.09. The van der Waals surface area contributed by atoms with Crippen LogP contribution >= 0.6 is 0 Å². The van der Waals surface area contributed by atoms with Gasteiger partial charge in [-0.25, -0.2) is 5.26 Å². The van der Waals surface area contributed by atoms with Crippen LogP contribution in [-0.2, 0) is 12.6 Å². The van der Waals surface area contributed by atoms with Crippen molar-refractivity contribution in [3.05, 3.63) is 0 Å². The average molecular weight is 286 g/mol. The fourth-order valence-corrected chi connectivity index (χ4v) is 2.12. The van der Waals surface area contributed by atoms with Gasteiger partial charge in [0.25, 0.3) is 0 Å². The third kappa shape index (κ3) is 7.22. The minimum absolute atomic E-state index is 1.08. The molecule has 0 saturated carbocycles. The molecule has 5 heteroatoms. The van der Waals surface area contributed by atoms with Crippen molar-refractivity contribution in [1.29, 1.82) is 5.26 Å². The number of thiocyanates is 1. The smallest absolute Gasteiger partial charge is 0.350 e. The molecular formula is C14H30N4S. The SMILES string of the molecule is CCN(CC)C(N(CC)CC)=[N+](CC)CC.N#C[S-]. The largest absolute Gasteiger partial charge is 0.696 e. The molecule has 0 bridgehead atoms. The normalized spacial score (nSPS) is 8.89. The van der Waals surface area contributed by atoms with Crippen LogP contribution in [0.15, 0.2) is 0 Å². The van der Waals surface area contributed by atoms with Crippen molar-refractivity contribution in [2.75, 3.05) is 39.3 Å². The second-order valence-electron chi connectivity index (χ2n) is 3.91. The van der Waals surface area contributed by atoms with Crippen molar-refractivity contribution in [3.8, 4) is 5.40 Å². The third-order valence-corrected chi connectivity index (χ3v) is 3.14. The van der Waals surface area contributed by atoms with E-state index in [2.05, 4.69) is 68.5 Å². The monoisotopic (exact) mass is 286 g/mol. The molecule has 0 rings (SSSR count). The van der Waals surface area contributed by atoms with Gasteiger partial charge >= 0.3 is 5.96 Å². The van der Waals surface area contributed by atoms with E-state index in [0.717, 1.165) is 39.3 Å². The Bertz CT molecular complexity index is 256. The Morgan fingerprint density at radius 2 is 1.16 bits per heavy atom. The Balaban J connectivity index is 0. The first-order valence-corrected chi connectivity index (χ1v) is 7.65. The first-order valence-electron chi connectivity index (χ1n) is 7.24. The van der Waals surface area contributed by atoms with Crippen LogP contribution in [0.1, 0.15) is 41.5 Å². The standard InChI is InChI=1S/C13H30N3.CHNS/c1-7-14(8-2)13(15(9-3)10-4)16(11-5)12-6;2-1-3/h7-12H2,1-6H3;3H/q+1;/p-1. The summed E-state index contributed by atoms with van der Waals surface area (Å²) in [6, 6.07) is 0. The minimum Gasteiger partial charge on any atom is -0.696 e. The summed E-state index contributed by atoms with van der Waals surface area (Å²) in [7, 11) is 0. The zero-order valence-corrected chi connectivity index (χ0v) is 14.3. The zero-order chi connectivity index (χ0) is 15.3. The van der Waals surface area contributed by atoms with Crippen LogP contribution in [0.2, 0.25) is 0 Å². The number of nitriles is 1. The van der Waals surface area contributed by atoms with E-state index in [4.69, 9.17) is 5.26 Å². The lowest BCUT2D eigenvalue weighted by molar-refractivity contribution is -0.531. The maximum Gasteiger partial charge on any atom is 0.350 e. The first-order chi connectivity index (χ1) is 9.11. The van der Waals surface area contributed by atoms with E-state index in [1.807, 2.05) is 0 Å². The number of nitrogens with zero attached hydrogens (tertiary/aromatic N) is 4. The van der Waals surface area contributed by atoms with Crippen LogP contribution in [0.4, 0.5) is 0 Å². The molecule has 0 radical (unpaired) electrons. The van der Waals surface area contributed by atoms with Gasteiger partial charge in [-0.2, -0.15) is 0 Å². The number of rotatable bonds is 6. The van der Waals surface area contributed by atoms with Gasteiger partial charge in [0.05, 0.1) is 39.3 Å². The molecule has 0 atom stereocenters. The van der Waals surface area contributed by atoms with Gasteiger partial charge < -0.3 is 12.6 Å². The second kappa shape index (κ2) is 13.4. The highest BCUT2D eigenvalue weighted by molar-refractivity contribution is 7.64. The summed E-state index contributed by atoms with van der Waals surface area (Å²) in [6.45, 7) is 19.9. The van der Waals surface area contributed by atoms with Crippen LogP contribution in [0.25, 0.3) is 0 Å². The molecule has 0 aliphatic carbocycles. The van der Waals surface area contributed by atoms with Gasteiger partial charge in [0, 0.05) is 0 Å². The highest BCUT2D eigenvalue weighted by Crippen LogP contribution is 2.00. The Kier molecular flexibility index (Phi) is 14.3. The van der Waals surface area contributed by atoms with Crippen LogP contribution in [0, 0.1) is 10.7 Å². The summed E-state index contributed by atoms with van der Waals surface area (Å²) in [4.78, 5) is 4.92. The Morgan fingerprint density at radius 1 is 0.895 bits per heavy atom. The van der Waals surface area contributed by atoms with Crippen molar-refractivity contribution in [2.24, 2.45) is 0 Å². The number of hydrogen-bond donors (Lipinski definition) is 0. The van der Waals surface area contributed by atoms with Crippen molar-refractivity contribution < 1.29 is 4.58 Å². The van der Waals surface area contributed by atoms with Gasteiger partial charge in [-0.3, -0.25) is 14.4 Å². The molecule has 0 unspecified atom stereocenters. The van der Waals surface area contributed by atoms with E-state index in [1.165, 1.54) is 11.4 Å².